The molecule has 2 aliphatic rings. The van der Waals surface area contributed by atoms with Crippen molar-refractivity contribution in [3.8, 4) is 0 Å². The van der Waals surface area contributed by atoms with E-state index in [1.807, 2.05) is 0 Å². The maximum absolute atomic E-state index is 11.7. The Morgan fingerprint density at radius 2 is 2.26 bits per heavy atom. The number of amides is 1. The lowest BCUT2D eigenvalue weighted by Crippen LogP contribution is -2.38. The summed E-state index contributed by atoms with van der Waals surface area (Å²) in [6.07, 6.45) is 5.42. The normalized spacial score (nSPS) is 17.5. The highest BCUT2D eigenvalue weighted by atomic mass is 16.5. The van der Waals surface area contributed by atoms with Crippen LogP contribution in [0, 0.1) is 0 Å². The number of ether oxygens (including phenoxy) is 1. The van der Waals surface area contributed by atoms with Crippen LogP contribution in [0.1, 0.15) is 19.8 Å². The zero-order valence-corrected chi connectivity index (χ0v) is 10.6. The van der Waals surface area contributed by atoms with E-state index in [4.69, 9.17) is 0 Å². The fourth-order valence-electron chi connectivity index (χ4n) is 1.92. The number of allylic oxidation sites excluding steroid dienone is 3. The largest absolute Gasteiger partial charge is 0.460 e. The third-order valence-electron chi connectivity index (χ3n) is 2.79. The first-order valence-corrected chi connectivity index (χ1v) is 6.08. The van der Waals surface area contributed by atoms with Crippen LogP contribution in [0.25, 0.3) is 0 Å². The molecule has 0 saturated carbocycles. The number of hydrogen-bond acceptors (Lipinski definition) is 5. The molecule has 6 nitrogen and oxygen atoms in total. The first kappa shape index (κ1) is 13.2. The zero-order valence-electron chi connectivity index (χ0n) is 10.6. The van der Waals surface area contributed by atoms with Crippen LogP contribution in [-0.2, 0) is 19.1 Å². The first-order chi connectivity index (χ1) is 9.11. The molecular formula is C13H14N2O4. The fraction of sp³-hybridized carbons (Fsp3) is 0.385. The lowest BCUT2D eigenvalue weighted by molar-refractivity contribution is -0.153. The SMILES string of the molecule is CCOC(=O)C(=O)CC1=CC=CC2=NC(=O)CCN12. The van der Waals surface area contributed by atoms with E-state index in [9.17, 15) is 14.4 Å². The Morgan fingerprint density at radius 1 is 1.47 bits per heavy atom. The van der Waals surface area contributed by atoms with E-state index in [1.54, 1.807) is 30.1 Å². The molecule has 0 aromatic carbocycles. The van der Waals surface area contributed by atoms with Crippen molar-refractivity contribution in [1.82, 2.24) is 4.90 Å². The molecule has 0 radical (unpaired) electrons. The van der Waals surface area contributed by atoms with E-state index in [0.717, 1.165) is 0 Å². The summed E-state index contributed by atoms with van der Waals surface area (Å²) < 4.78 is 4.66. The molecule has 0 saturated heterocycles. The van der Waals surface area contributed by atoms with Gasteiger partial charge in [-0.1, -0.05) is 6.08 Å². The van der Waals surface area contributed by atoms with Gasteiger partial charge in [0.2, 0.25) is 11.7 Å². The number of ketones is 1. The minimum atomic E-state index is -0.829. The number of aliphatic imine (C=N–C) groups is 1. The van der Waals surface area contributed by atoms with Crippen molar-refractivity contribution in [2.24, 2.45) is 4.99 Å². The number of carbonyl (C=O) groups excluding carboxylic acids is 3. The smallest absolute Gasteiger partial charge is 0.375 e. The third-order valence-corrected chi connectivity index (χ3v) is 2.79. The van der Waals surface area contributed by atoms with E-state index in [2.05, 4.69) is 9.73 Å². The summed E-state index contributed by atoms with van der Waals surface area (Å²) in [5.41, 5.74) is 0.659. The number of amidine groups is 1. The molecule has 0 N–H and O–H groups in total. The molecule has 1 amide bonds. The summed E-state index contributed by atoms with van der Waals surface area (Å²) in [5.74, 6) is -1.08. The number of Topliss-reactive ketones (excluding diaryl/α,β-unsaturated/α-hetero) is 1. The van der Waals surface area contributed by atoms with Crippen LogP contribution in [0.2, 0.25) is 0 Å². The van der Waals surface area contributed by atoms with E-state index < -0.39 is 11.8 Å². The highest BCUT2D eigenvalue weighted by molar-refractivity contribution is 6.34. The van der Waals surface area contributed by atoms with Crippen molar-refractivity contribution in [2.45, 2.75) is 19.8 Å². The summed E-state index contributed by atoms with van der Waals surface area (Å²) in [6, 6.07) is 0. The van der Waals surface area contributed by atoms with Gasteiger partial charge in [0.15, 0.2) is 0 Å². The Labute approximate surface area is 110 Å². The molecule has 0 aromatic rings. The van der Waals surface area contributed by atoms with Crippen LogP contribution in [0.15, 0.2) is 28.9 Å². The quantitative estimate of drug-likeness (QED) is 0.547. The first-order valence-electron chi connectivity index (χ1n) is 6.08. The molecule has 0 atom stereocenters. The van der Waals surface area contributed by atoms with Crippen LogP contribution in [0.3, 0.4) is 0 Å². The molecule has 2 heterocycles. The lowest BCUT2D eigenvalue weighted by atomic mass is 10.1. The standard InChI is InChI=1S/C13H14N2O4/c1-2-19-13(18)10(16)8-9-4-3-5-11-14-12(17)6-7-15(9)11/h3-5H,2,6-8H2,1H3. The molecule has 0 aromatic heterocycles. The number of nitrogens with zero attached hydrogens (tertiary/aromatic N) is 2. The van der Waals surface area contributed by atoms with Crippen molar-refractivity contribution in [3.63, 3.8) is 0 Å². The second-order valence-electron chi connectivity index (χ2n) is 4.10. The second-order valence-corrected chi connectivity index (χ2v) is 4.10. The molecule has 2 aliphatic heterocycles. The van der Waals surface area contributed by atoms with Crippen molar-refractivity contribution in [3.05, 3.63) is 23.9 Å². The van der Waals surface area contributed by atoms with Gasteiger partial charge in [-0.3, -0.25) is 9.59 Å². The Bertz CT molecular complexity index is 517. The van der Waals surface area contributed by atoms with Crippen molar-refractivity contribution in [2.75, 3.05) is 13.2 Å². The van der Waals surface area contributed by atoms with Gasteiger partial charge in [0.25, 0.3) is 0 Å². The molecule has 0 unspecified atom stereocenters. The molecule has 100 valence electrons. The number of carbonyl (C=O) groups is 3. The number of esters is 1. The van der Waals surface area contributed by atoms with Gasteiger partial charge in [0.05, 0.1) is 13.0 Å². The number of rotatable bonds is 4. The van der Waals surface area contributed by atoms with E-state index in [1.165, 1.54) is 0 Å². The Morgan fingerprint density at radius 3 is 3.00 bits per heavy atom. The maximum Gasteiger partial charge on any atom is 0.375 e. The number of fused-ring (bicyclic) bond motifs is 1. The van der Waals surface area contributed by atoms with Gasteiger partial charge in [0, 0.05) is 18.7 Å². The van der Waals surface area contributed by atoms with Crippen molar-refractivity contribution in [1.29, 1.82) is 0 Å². The molecule has 0 spiro atoms. The van der Waals surface area contributed by atoms with Crippen molar-refractivity contribution < 1.29 is 19.1 Å². The minimum absolute atomic E-state index is 0.0453. The third kappa shape index (κ3) is 2.96. The summed E-state index contributed by atoms with van der Waals surface area (Å²) in [5, 5.41) is 0. The Balaban J connectivity index is 2.09. The summed E-state index contributed by atoms with van der Waals surface area (Å²) in [6.45, 7) is 2.30. The molecule has 6 heteroatoms. The lowest BCUT2D eigenvalue weighted by Gasteiger charge is -2.30. The van der Waals surface area contributed by atoms with Gasteiger partial charge in [-0.05, 0) is 19.1 Å². The molecule has 0 aliphatic carbocycles. The Hall–Kier alpha value is -2.24. The number of hydrogen-bond donors (Lipinski definition) is 0. The summed E-state index contributed by atoms with van der Waals surface area (Å²) in [4.78, 5) is 39.9. The zero-order chi connectivity index (χ0) is 13.8. The summed E-state index contributed by atoms with van der Waals surface area (Å²) >= 11 is 0. The molecular weight excluding hydrogens is 248 g/mol. The molecule has 19 heavy (non-hydrogen) atoms. The molecule has 0 fully saturated rings. The highest BCUT2D eigenvalue weighted by Crippen LogP contribution is 2.20. The van der Waals surface area contributed by atoms with Crippen molar-refractivity contribution >= 4 is 23.5 Å². The van der Waals surface area contributed by atoms with E-state index >= 15 is 0 Å². The van der Waals surface area contributed by atoms with Crippen LogP contribution in [0.5, 0.6) is 0 Å². The topological polar surface area (TPSA) is 76.0 Å². The van der Waals surface area contributed by atoms with E-state index in [-0.39, 0.29) is 18.9 Å². The van der Waals surface area contributed by atoms with Gasteiger partial charge in [-0.25, -0.2) is 4.79 Å². The van der Waals surface area contributed by atoms with Crippen LogP contribution < -0.4 is 0 Å². The predicted molar refractivity (Wildman–Crippen MR) is 67.2 cm³/mol. The minimum Gasteiger partial charge on any atom is -0.460 e. The van der Waals surface area contributed by atoms with E-state index in [0.29, 0.717) is 24.5 Å². The monoisotopic (exact) mass is 262 g/mol. The van der Waals surface area contributed by atoms with Crippen LogP contribution >= 0.6 is 0 Å². The summed E-state index contributed by atoms with van der Waals surface area (Å²) in [7, 11) is 0. The second kappa shape index (κ2) is 5.60. The van der Waals surface area contributed by atoms with Gasteiger partial charge in [0.1, 0.15) is 5.84 Å². The fourth-order valence-corrected chi connectivity index (χ4v) is 1.92. The average molecular weight is 262 g/mol. The Kier molecular flexibility index (Phi) is 3.89. The van der Waals surface area contributed by atoms with Gasteiger partial charge < -0.3 is 9.64 Å². The molecule has 2 rings (SSSR count). The molecule has 0 bridgehead atoms. The maximum atomic E-state index is 11.7. The van der Waals surface area contributed by atoms with Gasteiger partial charge in [-0.15, -0.1) is 0 Å². The average Bonchev–Trinajstić information content (AvgIpc) is 2.38. The van der Waals surface area contributed by atoms with Gasteiger partial charge in [-0.2, -0.15) is 4.99 Å². The van der Waals surface area contributed by atoms with Crippen LogP contribution in [-0.4, -0.2) is 41.5 Å². The highest BCUT2D eigenvalue weighted by Gasteiger charge is 2.26. The predicted octanol–water partition coefficient (Wildman–Crippen LogP) is 0.593. The van der Waals surface area contributed by atoms with Crippen LogP contribution in [0.4, 0.5) is 0 Å². The van der Waals surface area contributed by atoms with Gasteiger partial charge >= 0.3 is 5.97 Å².